The van der Waals surface area contributed by atoms with Crippen LogP contribution in [0.25, 0.3) is 0 Å². The first-order chi connectivity index (χ1) is 8.15. The summed E-state index contributed by atoms with van der Waals surface area (Å²) in [4.78, 5) is 12.5. The van der Waals surface area contributed by atoms with Gasteiger partial charge in [0.2, 0.25) is 0 Å². The van der Waals surface area contributed by atoms with E-state index in [1.807, 2.05) is 6.07 Å². The van der Waals surface area contributed by atoms with Crippen LogP contribution in [-0.4, -0.2) is 18.3 Å². The Labute approximate surface area is 127 Å². The highest BCUT2D eigenvalue weighted by atomic mass is 79.9. The Morgan fingerprint density at radius 1 is 1.29 bits per heavy atom. The van der Waals surface area contributed by atoms with Gasteiger partial charge in [-0.05, 0) is 50.8 Å². The Balaban J connectivity index is 2.21. The van der Waals surface area contributed by atoms with Crippen molar-refractivity contribution in [2.45, 2.75) is 25.7 Å². The summed E-state index contributed by atoms with van der Waals surface area (Å²) < 4.78 is 1.87. The number of unbranched alkanes of at least 4 members (excludes halogenated alkanes) is 3. The monoisotopic (exact) mass is 401 g/mol. The minimum absolute atomic E-state index is 0.00116. The molecule has 0 aliphatic carbocycles. The third-order valence-electron chi connectivity index (χ3n) is 2.21. The second kappa shape index (κ2) is 8.51. The second-order valence-electron chi connectivity index (χ2n) is 3.59. The van der Waals surface area contributed by atoms with Crippen LogP contribution in [0.2, 0.25) is 0 Å². The number of halogens is 3. The molecule has 1 aromatic heterocycles. The molecule has 0 radical (unpaired) electrons. The van der Waals surface area contributed by atoms with Crippen molar-refractivity contribution in [3.05, 3.63) is 19.2 Å². The summed E-state index contributed by atoms with van der Waals surface area (Å²) in [6, 6.07) is 1.83. The topological polar surface area (TPSA) is 29.1 Å². The van der Waals surface area contributed by atoms with Crippen molar-refractivity contribution >= 4 is 60.7 Å². The molecule has 1 rings (SSSR count). The smallest absolute Gasteiger partial charge is 0.261 e. The van der Waals surface area contributed by atoms with E-state index in [0.717, 1.165) is 51.2 Å². The van der Waals surface area contributed by atoms with Crippen LogP contribution >= 0.6 is 54.8 Å². The minimum atomic E-state index is -0.00116. The third-order valence-corrected chi connectivity index (χ3v) is 5.74. The van der Waals surface area contributed by atoms with Gasteiger partial charge >= 0.3 is 0 Å². The van der Waals surface area contributed by atoms with E-state index in [1.165, 1.54) is 11.3 Å². The Morgan fingerprint density at radius 3 is 2.59 bits per heavy atom. The standard InChI is InChI=1S/C11H14Br2ClNOS/c12-8-7-9(17-10(8)13)11(16)15-6-4-2-1-3-5-14/h7H,1-6H2,(H,15,16). The summed E-state index contributed by atoms with van der Waals surface area (Å²) >= 11 is 13.8. The van der Waals surface area contributed by atoms with E-state index >= 15 is 0 Å². The van der Waals surface area contributed by atoms with E-state index < -0.39 is 0 Å². The SMILES string of the molecule is O=C(NCCCCCCCl)c1cc(Br)c(Br)s1. The van der Waals surface area contributed by atoms with Crippen molar-refractivity contribution in [3.63, 3.8) is 0 Å². The molecule has 1 aromatic rings. The molecule has 0 unspecified atom stereocenters. The number of carbonyl (C=O) groups excluding carboxylic acids is 1. The fourth-order valence-corrected chi connectivity index (χ4v) is 3.46. The molecule has 0 aromatic carbocycles. The molecule has 0 saturated heterocycles. The van der Waals surface area contributed by atoms with Crippen LogP contribution in [0.15, 0.2) is 14.3 Å². The molecule has 0 fully saturated rings. The van der Waals surface area contributed by atoms with Gasteiger partial charge in [0.1, 0.15) is 0 Å². The number of hydrogen-bond acceptors (Lipinski definition) is 2. The second-order valence-corrected chi connectivity index (χ2v) is 7.19. The predicted molar refractivity (Wildman–Crippen MR) is 81.2 cm³/mol. The number of carbonyl (C=O) groups is 1. The zero-order valence-electron chi connectivity index (χ0n) is 9.27. The summed E-state index contributed by atoms with van der Waals surface area (Å²) in [5, 5.41) is 2.91. The predicted octanol–water partition coefficient (Wildman–Crippen LogP) is 4.80. The molecule has 96 valence electrons. The molecule has 2 nitrogen and oxygen atoms in total. The van der Waals surface area contributed by atoms with Crippen molar-refractivity contribution in [1.29, 1.82) is 0 Å². The van der Waals surface area contributed by atoms with Crippen LogP contribution in [0.3, 0.4) is 0 Å². The quantitative estimate of drug-likeness (QED) is 0.514. The van der Waals surface area contributed by atoms with Gasteiger partial charge in [-0.2, -0.15) is 0 Å². The van der Waals surface area contributed by atoms with E-state index in [-0.39, 0.29) is 5.91 Å². The molecule has 6 heteroatoms. The Hall–Kier alpha value is 0.420. The Kier molecular flexibility index (Phi) is 7.75. The summed E-state index contributed by atoms with van der Waals surface area (Å²) in [7, 11) is 0. The van der Waals surface area contributed by atoms with Crippen LogP contribution in [0.1, 0.15) is 35.4 Å². The lowest BCUT2D eigenvalue weighted by Crippen LogP contribution is -2.23. The first-order valence-corrected chi connectivity index (χ1v) is 8.38. The molecule has 0 atom stereocenters. The van der Waals surface area contributed by atoms with E-state index in [0.29, 0.717) is 0 Å². The zero-order chi connectivity index (χ0) is 12.7. The van der Waals surface area contributed by atoms with E-state index in [4.69, 9.17) is 11.6 Å². The van der Waals surface area contributed by atoms with Crippen LogP contribution in [0.5, 0.6) is 0 Å². The Morgan fingerprint density at radius 2 is 2.00 bits per heavy atom. The lowest BCUT2D eigenvalue weighted by atomic mass is 10.2. The van der Waals surface area contributed by atoms with E-state index in [9.17, 15) is 4.79 Å². The molecular formula is C11H14Br2ClNOS. The highest BCUT2D eigenvalue weighted by Gasteiger charge is 2.10. The van der Waals surface area contributed by atoms with Gasteiger partial charge in [0.25, 0.3) is 5.91 Å². The van der Waals surface area contributed by atoms with Gasteiger partial charge < -0.3 is 5.32 Å². The van der Waals surface area contributed by atoms with Gasteiger partial charge in [-0.15, -0.1) is 22.9 Å². The van der Waals surface area contributed by atoms with Gasteiger partial charge in [0, 0.05) is 16.9 Å². The molecular weight excluding hydrogens is 389 g/mol. The van der Waals surface area contributed by atoms with Gasteiger partial charge in [-0.3, -0.25) is 4.79 Å². The van der Waals surface area contributed by atoms with Crippen LogP contribution in [-0.2, 0) is 0 Å². The molecule has 1 N–H and O–H groups in total. The van der Waals surface area contributed by atoms with E-state index in [1.54, 1.807) is 0 Å². The lowest BCUT2D eigenvalue weighted by molar-refractivity contribution is 0.0957. The van der Waals surface area contributed by atoms with Crippen molar-refractivity contribution in [2.75, 3.05) is 12.4 Å². The van der Waals surface area contributed by atoms with E-state index in [2.05, 4.69) is 37.2 Å². The summed E-state index contributed by atoms with van der Waals surface area (Å²) in [5.41, 5.74) is 0. The Bertz CT molecular complexity index is 351. The van der Waals surface area contributed by atoms with Crippen molar-refractivity contribution in [2.24, 2.45) is 0 Å². The van der Waals surface area contributed by atoms with Crippen LogP contribution in [0, 0.1) is 0 Å². The largest absolute Gasteiger partial charge is 0.351 e. The maximum atomic E-state index is 11.7. The van der Waals surface area contributed by atoms with Crippen LogP contribution in [0.4, 0.5) is 0 Å². The third kappa shape index (κ3) is 5.73. The zero-order valence-corrected chi connectivity index (χ0v) is 14.0. The van der Waals surface area contributed by atoms with Crippen LogP contribution < -0.4 is 5.32 Å². The van der Waals surface area contributed by atoms with Gasteiger partial charge in [0.05, 0.1) is 8.66 Å². The molecule has 1 heterocycles. The fourth-order valence-electron chi connectivity index (χ4n) is 1.32. The number of thiophene rings is 1. The maximum Gasteiger partial charge on any atom is 0.261 e. The number of nitrogens with one attached hydrogen (secondary N) is 1. The summed E-state index contributed by atoms with van der Waals surface area (Å²) in [6.07, 6.45) is 4.32. The number of amides is 1. The average Bonchev–Trinajstić information content (AvgIpc) is 2.64. The number of alkyl halides is 1. The maximum absolute atomic E-state index is 11.7. The van der Waals surface area contributed by atoms with Crippen molar-refractivity contribution < 1.29 is 4.79 Å². The fraction of sp³-hybridized carbons (Fsp3) is 0.545. The highest BCUT2D eigenvalue weighted by Crippen LogP contribution is 2.32. The molecule has 1 amide bonds. The minimum Gasteiger partial charge on any atom is -0.351 e. The van der Waals surface area contributed by atoms with Gasteiger partial charge in [0.15, 0.2) is 0 Å². The normalized spacial score (nSPS) is 10.5. The van der Waals surface area contributed by atoms with Gasteiger partial charge in [-0.1, -0.05) is 12.8 Å². The average molecular weight is 404 g/mol. The molecule has 0 aliphatic rings. The van der Waals surface area contributed by atoms with Gasteiger partial charge in [-0.25, -0.2) is 0 Å². The molecule has 0 saturated carbocycles. The molecule has 0 bridgehead atoms. The lowest BCUT2D eigenvalue weighted by Gasteiger charge is -2.02. The van der Waals surface area contributed by atoms with Crippen molar-refractivity contribution in [3.8, 4) is 0 Å². The first-order valence-electron chi connectivity index (χ1n) is 5.44. The first kappa shape index (κ1) is 15.5. The number of hydrogen-bond donors (Lipinski definition) is 1. The molecule has 17 heavy (non-hydrogen) atoms. The van der Waals surface area contributed by atoms with Crippen molar-refractivity contribution in [1.82, 2.24) is 5.32 Å². The highest BCUT2D eigenvalue weighted by molar-refractivity contribution is 9.13. The number of rotatable bonds is 7. The summed E-state index contributed by atoms with van der Waals surface area (Å²) in [6.45, 7) is 0.730. The molecule has 0 spiro atoms. The molecule has 0 aliphatic heterocycles. The summed E-state index contributed by atoms with van der Waals surface area (Å²) in [5.74, 6) is 0.725.